The number of thiophene rings is 2. The van der Waals surface area contributed by atoms with Gasteiger partial charge in [0, 0.05) is 5.38 Å². The van der Waals surface area contributed by atoms with Gasteiger partial charge in [-0.1, -0.05) is 0 Å². The molecule has 0 aliphatic heterocycles. The van der Waals surface area contributed by atoms with E-state index in [1.54, 1.807) is 17.4 Å². The summed E-state index contributed by atoms with van der Waals surface area (Å²) < 4.78 is 2.00. The van der Waals surface area contributed by atoms with E-state index in [2.05, 4.69) is 42.2 Å². The fourth-order valence-electron chi connectivity index (χ4n) is 1.49. The number of thiazole rings is 1. The number of hydrogen-bond acceptors (Lipinski definition) is 5. The number of carbonyl (C=O) groups excluding carboxylic acids is 1. The van der Waals surface area contributed by atoms with Crippen molar-refractivity contribution in [1.82, 2.24) is 4.98 Å². The Kier molecular flexibility index (Phi) is 4.37. The van der Waals surface area contributed by atoms with Gasteiger partial charge in [0.05, 0.1) is 23.0 Å². The quantitative estimate of drug-likeness (QED) is 0.556. The number of nitrogens with one attached hydrogen (secondary N) is 1. The van der Waals surface area contributed by atoms with Crippen molar-refractivity contribution in [2.75, 3.05) is 5.32 Å². The number of carbonyl (C=O) groups is 1. The van der Waals surface area contributed by atoms with E-state index in [9.17, 15) is 4.79 Å². The van der Waals surface area contributed by atoms with Crippen molar-refractivity contribution >= 4 is 76.9 Å². The summed E-state index contributed by atoms with van der Waals surface area (Å²) in [5.74, 6) is -0.131. The molecule has 0 radical (unpaired) electrons. The Bertz CT molecular complexity index is 762. The lowest BCUT2D eigenvalue weighted by Crippen LogP contribution is -2.09. The van der Waals surface area contributed by atoms with Crippen molar-refractivity contribution in [2.24, 2.45) is 0 Å². The molecule has 0 atom stereocenters. The molecule has 1 N–H and O–H groups in total. The Morgan fingerprint density at radius 3 is 2.50 bits per heavy atom. The third kappa shape index (κ3) is 3.20. The van der Waals surface area contributed by atoms with Gasteiger partial charge in [-0.15, -0.1) is 34.0 Å². The predicted molar refractivity (Wildman–Crippen MR) is 93.1 cm³/mol. The summed E-state index contributed by atoms with van der Waals surface area (Å²) in [6.45, 7) is 0. The van der Waals surface area contributed by atoms with Gasteiger partial charge in [0.2, 0.25) is 0 Å². The molecule has 3 aromatic rings. The average Bonchev–Trinajstić information content (AvgIpc) is 3.10. The Hall–Kier alpha value is -0.540. The number of nitrogens with zero attached hydrogens (tertiary/aromatic N) is 1. The molecule has 0 unspecified atom stereocenters. The lowest BCUT2D eigenvalue weighted by molar-refractivity contribution is 0.103. The van der Waals surface area contributed by atoms with Crippen LogP contribution < -0.4 is 5.32 Å². The van der Waals surface area contributed by atoms with Gasteiger partial charge in [-0.25, -0.2) is 4.98 Å². The summed E-state index contributed by atoms with van der Waals surface area (Å²) in [6.07, 6.45) is 0. The van der Waals surface area contributed by atoms with Crippen molar-refractivity contribution in [3.63, 3.8) is 0 Å². The maximum absolute atomic E-state index is 12.0. The van der Waals surface area contributed by atoms with Crippen LogP contribution in [0, 0.1) is 0 Å². The minimum absolute atomic E-state index is 0.131. The van der Waals surface area contributed by atoms with Crippen LogP contribution in [0.2, 0.25) is 0 Å². The number of rotatable bonds is 3. The fraction of sp³-hybridized carbons (Fsp3) is 0. The highest BCUT2D eigenvalue weighted by Crippen LogP contribution is 2.33. The van der Waals surface area contributed by atoms with Crippen molar-refractivity contribution in [2.45, 2.75) is 0 Å². The molecule has 0 bridgehead atoms. The number of hydrogen-bond donors (Lipinski definition) is 1. The normalized spacial score (nSPS) is 10.7. The summed E-state index contributed by atoms with van der Waals surface area (Å²) in [5.41, 5.74) is 0.883. The lowest BCUT2D eigenvalue weighted by Gasteiger charge is -1.97. The first kappa shape index (κ1) is 14.4. The van der Waals surface area contributed by atoms with Crippen molar-refractivity contribution in [1.29, 1.82) is 0 Å². The molecule has 3 aromatic heterocycles. The van der Waals surface area contributed by atoms with Gasteiger partial charge < -0.3 is 0 Å². The number of halogens is 2. The molecule has 0 saturated carbocycles. The summed E-state index contributed by atoms with van der Waals surface area (Å²) in [5, 5.41) is 5.37. The molecule has 0 saturated heterocycles. The van der Waals surface area contributed by atoms with Crippen LogP contribution in [0.4, 0.5) is 5.13 Å². The van der Waals surface area contributed by atoms with Gasteiger partial charge in [-0.2, -0.15) is 0 Å². The minimum Gasteiger partial charge on any atom is -0.297 e. The molecule has 20 heavy (non-hydrogen) atoms. The largest absolute Gasteiger partial charge is 0.297 e. The molecule has 0 aliphatic carbocycles. The number of amides is 1. The zero-order valence-corrected chi connectivity index (χ0v) is 15.3. The molecule has 0 aromatic carbocycles. The van der Waals surface area contributed by atoms with E-state index in [4.69, 9.17) is 0 Å². The van der Waals surface area contributed by atoms with Gasteiger partial charge in [0.25, 0.3) is 5.91 Å². The van der Waals surface area contributed by atoms with E-state index in [0.29, 0.717) is 10.0 Å². The second-order valence-corrected chi connectivity index (χ2v) is 9.48. The van der Waals surface area contributed by atoms with E-state index in [-0.39, 0.29) is 5.91 Å². The van der Waals surface area contributed by atoms with Gasteiger partial charge in [0.15, 0.2) is 5.13 Å². The second kappa shape index (κ2) is 6.07. The maximum atomic E-state index is 12.0. The van der Waals surface area contributed by atoms with Crippen molar-refractivity contribution in [3.8, 4) is 10.6 Å². The highest BCUT2D eigenvalue weighted by Gasteiger charge is 2.12. The third-order valence-corrected chi connectivity index (χ3v) is 6.37. The maximum Gasteiger partial charge on any atom is 0.267 e. The first-order chi connectivity index (χ1) is 9.61. The summed E-state index contributed by atoms with van der Waals surface area (Å²) in [6, 6.07) is 7.64. The monoisotopic (exact) mass is 448 g/mol. The highest BCUT2D eigenvalue weighted by molar-refractivity contribution is 9.11. The SMILES string of the molecule is O=C(Nc1nc(-c2ccc(Br)s2)cs1)c1ccc(Br)s1. The molecule has 102 valence electrons. The molecule has 3 rings (SSSR count). The fourth-order valence-corrected chi connectivity index (χ4v) is 4.90. The van der Waals surface area contributed by atoms with E-state index >= 15 is 0 Å². The molecule has 8 heteroatoms. The van der Waals surface area contributed by atoms with Crippen LogP contribution in [0.3, 0.4) is 0 Å². The zero-order chi connectivity index (χ0) is 14.1. The van der Waals surface area contributed by atoms with E-state index in [1.165, 1.54) is 22.7 Å². The van der Waals surface area contributed by atoms with Crippen LogP contribution in [-0.4, -0.2) is 10.9 Å². The summed E-state index contributed by atoms with van der Waals surface area (Å²) >= 11 is 11.2. The molecule has 0 aliphatic rings. The molecule has 0 spiro atoms. The third-order valence-electron chi connectivity index (χ3n) is 2.35. The van der Waals surface area contributed by atoms with Crippen LogP contribution in [0.25, 0.3) is 10.6 Å². The smallest absolute Gasteiger partial charge is 0.267 e. The van der Waals surface area contributed by atoms with Crippen LogP contribution in [0.15, 0.2) is 37.2 Å². The van der Waals surface area contributed by atoms with Gasteiger partial charge in [0.1, 0.15) is 0 Å². The second-order valence-electron chi connectivity index (χ2n) is 3.70. The minimum atomic E-state index is -0.131. The standard InChI is InChI=1S/C12H6Br2N2OS3/c13-9-3-1-7(19-9)6-5-18-12(15-6)16-11(17)8-2-4-10(14)20-8/h1-5H,(H,15,16,17). The zero-order valence-electron chi connectivity index (χ0n) is 9.72. The Balaban J connectivity index is 1.76. The molecule has 3 nitrogen and oxygen atoms in total. The van der Waals surface area contributed by atoms with Gasteiger partial charge >= 0.3 is 0 Å². The van der Waals surface area contributed by atoms with Crippen LogP contribution in [0.5, 0.6) is 0 Å². The van der Waals surface area contributed by atoms with Gasteiger partial charge in [-0.3, -0.25) is 10.1 Å². The topological polar surface area (TPSA) is 42.0 Å². The average molecular weight is 450 g/mol. The lowest BCUT2D eigenvalue weighted by atomic mass is 10.4. The van der Waals surface area contributed by atoms with Crippen molar-refractivity contribution in [3.05, 3.63) is 42.1 Å². The molecule has 0 fully saturated rings. The molecular weight excluding hydrogens is 444 g/mol. The predicted octanol–water partition coefficient (Wildman–Crippen LogP) is 5.71. The van der Waals surface area contributed by atoms with Crippen LogP contribution in [-0.2, 0) is 0 Å². The first-order valence-corrected chi connectivity index (χ1v) is 9.49. The Labute approximate surface area is 143 Å². The molecule has 3 heterocycles. The van der Waals surface area contributed by atoms with E-state index < -0.39 is 0 Å². The molecular formula is C12H6Br2N2OS3. The van der Waals surface area contributed by atoms with E-state index in [1.807, 2.05) is 23.6 Å². The summed E-state index contributed by atoms with van der Waals surface area (Å²) in [4.78, 5) is 18.2. The Morgan fingerprint density at radius 1 is 1.10 bits per heavy atom. The number of aromatic nitrogens is 1. The van der Waals surface area contributed by atoms with Crippen molar-refractivity contribution < 1.29 is 4.79 Å². The molecule has 1 amide bonds. The van der Waals surface area contributed by atoms with Gasteiger partial charge in [-0.05, 0) is 56.1 Å². The summed E-state index contributed by atoms with van der Waals surface area (Å²) in [7, 11) is 0. The highest BCUT2D eigenvalue weighted by atomic mass is 79.9. The van der Waals surface area contributed by atoms with E-state index in [0.717, 1.165) is 18.1 Å². The van der Waals surface area contributed by atoms with Crippen LogP contribution >= 0.6 is 65.9 Å². The van der Waals surface area contributed by atoms with Crippen LogP contribution in [0.1, 0.15) is 9.67 Å². The Morgan fingerprint density at radius 2 is 1.85 bits per heavy atom. The first-order valence-electron chi connectivity index (χ1n) is 5.40. The number of anilines is 1.